The van der Waals surface area contributed by atoms with Gasteiger partial charge in [0, 0.05) is 12.6 Å². The van der Waals surface area contributed by atoms with Crippen molar-refractivity contribution in [1.29, 1.82) is 0 Å². The minimum Gasteiger partial charge on any atom is -0.374 e. The number of nitrogens with one attached hydrogen (secondary N) is 1. The van der Waals surface area contributed by atoms with Crippen LogP contribution in [0.15, 0.2) is 16.8 Å². The fourth-order valence-electron chi connectivity index (χ4n) is 2.85. The fraction of sp³-hybridized carbons (Fsp3) is 0.733. The van der Waals surface area contributed by atoms with E-state index in [0.29, 0.717) is 6.04 Å². The van der Waals surface area contributed by atoms with E-state index < -0.39 is 0 Å². The van der Waals surface area contributed by atoms with Gasteiger partial charge in [-0.3, -0.25) is 0 Å². The molecule has 2 nitrogen and oxygen atoms in total. The van der Waals surface area contributed by atoms with Gasteiger partial charge in [0.2, 0.25) is 0 Å². The molecule has 1 aliphatic heterocycles. The van der Waals surface area contributed by atoms with E-state index in [4.69, 9.17) is 4.74 Å². The first kappa shape index (κ1) is 14.0. The summed E-state index contributed by atoms with van der Waals surface area (Å²) in [7, 11) is 0. The molecule has 0 bridgehead atoms. The Morgan fingerprint density at radius 3 is 3.00 bits per heavy atom. The molecule has 0 aliphatic carbocycles. The normalized spacial score (nSPS) is 26.1. The van der Waals surface area contributed by atoms with Gasteiger partial charge in [-0.2, -0.15) is 11.3 Å². The van der Waals surface area contributed by atoms with Crippen molar-refractivity contribution in [2.45, 2.75) is 57.6 Å². The zero-order valence-corrected chi connectivity index (χ0v) is 12.4. The van der Waals surface area contributed by atoms with Gasteiger partial charge in [0.25, 0.3) is 0 Å². The molecule has 1 aliphatic rings. The van der Waals surface area contributed by atoms with E-state index >= 15 is 0 Å². The van der Waals surface area contributed by atoms with E-state index in [9.17, 15) is 0 Å². The van der Waals surface area contributed by atoms with Gasteiger partial charge >= 0.3 is 0 Å². The van der Waals surface area contributed by atoms with Crippen molar-refractivity contribution in [3.8, 4) is 0 Å². The van der Waals surface area contributed by atoms with Crippen LogP contribution in [0.2, 0.25) is 0 Å². The van der Waals surface area contributed by atoms with Crippen LogP contribution in [-0.2, 0) is 11.2 Å². The smallest absolute Gasteiger partial charge is 0.0806 e. The lowest BCUT2D eigenvalue weighted by Gasteiger charge is -2.41. The summed E-state index contributed by atoms with van der Waals surface area (Å²) in [5, 5.41) is 8.05. The first-order valence-corrected chi connectivity index (χ1v) is 8.07. The third-order valence-corrected chi connectivity index (χ3v) is 4.72. The maximum Gasteiger partial charge on any atom is 0.0806 e. The maximum absolute atomic E-state index is 6.09. The monoisotopic (exact) mass is 267 g/mol. The molecule has 1 aromatic rings. The van der Waals surface area contributed by atoms with Gasteiger partial charge in [-0.05, 0) is 68.0 Å². The molecule has 0 saturated carbocycles. The maximum atomic E-state index is 6.09. The Balaban J connectivity index is 1.93. The molecule has 1 aromatic heterocycles. The second-order valence-corrected chi connectivity index (χ2v) is 6.18. The van der Waals surface area contributed by atoms with E-state index in [2.05, 4.69) is 36.0 Å². The average Bonchev–Trinajstić information content (AvgIpc) is 2.88. The highest BCUT2D eigenvalue weighted by atomic mass is 32.1. The Hall–Kier alpha value is -0.380. The molecular weight excluding hydrogens is 242 g/mol. The van der Waals surface area contributed by atoms with Gasteiger partial charge < -0.3 is 10.1 Å². The molecule has 0 amide bonds. The van der Waals surface area contributed by atoms with E-state index in [0.717, 1.165) is 19.6 Å². The first-order chi connectivity index (χ1) is 8.74. The lowest BCUT2D eigenvalue weighted by Crippen LogP contribution is -2.52. The van der Waals surface area contributed by atoms with Crippen molar-refractivity contribution < 1.29 is 4.74 Å². The topological polar surface area (TPSA) is 21.3 Å². The number of hydrogen-bond donors (Lipinski definition) is 1. The zero-order chi connectivity index (χ0) is 12.8. The third-order valence-electron chi connectivity index (χ3n) is 3.99. The summed E-state index contributed by atoms with van der Waals surface area (Å²) < 4.78 is 6.09. The van der Waals surface area contributed by atoms with Crippen molar-refractivity contribution in [1.82, 2.24) is 5.32 Å². The molecule has 0 spiro atoms. The second kappa shape index (κ2) is 6.69. The van der Waals surface area contributed by atoms with E-state index in [1.54, 1.807) is 11.3 Å². The number of ether oxygens (including phenoxy) is 1. The van der Waals surface area contributed by atoms with Crippen LogP contribution in [0.3, 0.4) is 0 Å². The Bertz CT molecular complexity index is 330. The Labute approximate surface area is 115 Å². The number of aryl methyl sites for hydroxylation is 1. The first-order valence-electron chi connectivity index (χ1n) is 7.13. The van der Waals surface area contributed by atoms with E-state index in [1.165, 1.54) is 31.2 Å². The summed E-state index contributed by atoms with van der Waals surface area (Å²) in [5.74, 6) is 0. The molecule has 1 N–H and O–H groups in total. The molecule has 102 valence electrons. The summed E-state index contributed by atoms with van der Waals surface area (Å²) >= 11 is 1.79. The molecule has 1 fully saturated rings. The molecule has 0 aromatic carbocycles. The summed E-state index contributed by atoms with van der Waals surface area (Å²) in [4.78, 5) is 0. The van der Waals surface area contributed by atoms with Crippen molar-refractivity contribution in [2.24, 2.45) is 0 Å². The van der Waals surface area contributed by atoms with Gasteiger partial charge in [-0.1, -0.05) is 6.92 Å². The Kier molecular flexibility index (Phi) is 5.22. The van der Waals surface area contributed by atoms with Gasteiger partial charge in [-0.25, -0.2) is 0 Å². The Morgan fingerprint density at radius 2 is 2.39 bits per heavy atom. The minimum atomic E-state index is 0.0320. The van der Waals surface area contributed by atoms with Crippen LogP contribution < -0.4 is 5.32 Å². The highest BCUT2D eigenvalue weighted by Crippen LogP contribution is 2.30. The SMILES string of the molecule is CCNC(CCc1ccsc1)C1(C)CCCCO1. The van der Waals surface area contributed by atoms with E-state index in [1.807, 2.05) is 0 Å². The Morgan fingerprint density at radius 1 is 1.50 bits per heavy atom. The highest BCUT2D eigenvalue weighted by molar-refractivity contribution is 7.07. The van der Waals surface area contributed by atoms with Crippen molar-refractivity contribution in [3.63, 3.8) is 0 Å². The predicted molar refractivity (Wildman–Crippen MR) is 78.3 cm³/mol. The highest BCUT2D eigenvalue weighted by Gasteiger charge is 2.35. The average molecular weight is 267 g/mol. The largest absolute Gasteiger partial charge is 0.374 e. The summed E-state index contributed by atoms with van der Waals surface area (Å²) in [6, 6.07) is 2.71. The van der Waals surface area contributed by atoms with E-state index in [-0.39, 0.29) is 5.60 Å². The molecular formula is C15H25NOS. The molecule has 1 saturated heterocycles. The standard InChI is InChI=1S/C15H25NOS/c1-3-16-14(7-6-13-8-11-18-12-13)15(2)9-4-5-10-17-15/h8,11-12,14,16H,3-7,9-10H2,1-2H3. The third kappa shape index (κ3) is 3.56. The molecule has 2 atom stereocenters. The van der Waals surface area contributed by atoms with Crippen LogP contribution in [0.1, 0.15) is 45.1 Å². The van der Waals surface area contributed by atoms with Gasteiger partial charge in [0.15, 0.2) is 0 Å². The predicted octanol–water partition coefficient (Wildman–Crippen LogP) is 3.62. The quantitative estimate of drug-likeness (QED) is 0.850. The van der Waals surface area contributed by atoms with Crippen LogP contribution in [0.25, 0.3) is 0 Å². The van der Waals surface area contributed by atoms with Crippen LogP contribution in [-0.4, -0.2) is 24.8 Å². The molecule has 2 rings (SSSR count). The second-order valence-electron chi connectivity index (χ2n) is 5.40. The summed E-state index contributed by atoms with van der Waals surface area (Å²) in [6.07, 6.45) is 6.03. The number of thiophene rings is 1. The lowest BCUT2D eigenvalue weighted by atomic mass is 9.85. The van der Waals surface area contributed by atoms with Crippen LogP contribution in [0.4, 0.5) is 0 Å². The summed E-state index contributed by atoms with van der Waals surface area (Å²) in [6.45, 7) is 6.42. The van der Waals surface area contributed by atoms with Crippen molar-refractivity contribution in [3.05, 3.63) is 22.4 Å². The number of hydrogen-bond acceptors (Lipinski definition) is 3. The fourth-order valence-corrected chi connectivity index (χ4v) is 3.55. The minimum absolute atomic E-state index is 0.0320. The lowest BCUT2D eigenvalue weighted by molar-refractivity contribution is -0.0896. The molecule has 3 heteroatoms. The molecule has 2 unspecified atom stereocenters. The van der Waals surface area contributed by atoms with Crippen molar-refractivity contribution in [2.75, 3.05) is 13.2 Å². The van der Waals surface area contributed by atoms with Gasteiger partial charge in [-0.15, -0.1) is 0 Å². The van der Waals surface area contributed by atoms with Crippen LogP contribution in [0.5, 0.6) is 0 Å². The van der Waals surface area contributed by atoms with Crippen LogP contribution in [0, 0.1) is 0 Å². The summed E-state index contributed by atoms with van der Waals surface area (Å²) in [5.41, 5.74) is 1.49. The zero-order valence-electron chi connectivity index (χ0n) is 11.6. The number of rotatable bonds is 6. The van der Waals surface area contributed by atoms with Crippen LogP contribution >= 0.6 is 11.3 Å². The number of likely N-dealkylation sites (N-methyl/N-ethyl adjacent to an activating group) is 1. The molecule has 18 heavy (non-hydrogen) atoms. The van der Waals surface area contributed by atoms with Gasteiger partial charge in [0.05, 0.1) is 5.60 Å². The molecule has 0 radical (unpaired) electrons. The molecule has 2 heterocycles. The van der Waals surface area contributed by atoms with Crippen molar-refractivity contribution >= 4 is 11.3 Å². The van der Waals surface area contributed by atoms with Gasteiger partial charge in [0.1, 0.15) is 0 Å².